The minimum absolute atomic E-state index is 0.0751. The normalized spacial score (nSPS) is 11.7. The number of rotatable bonds is 6. The van der Waals surface area contributed by atoms with Gasteiger partial charge in [-0.05, 0) is 18.0 Å². The zero-order chi connectivity index (χ0) is 13.1. The molecule has 0 saturated carbocycles. The molecule has 0 bridgehead atoms. The summed E-state index contributed by atoms with van der Waals surface area (Å²) < 4.78 is 32.1. The highest BCUT2D eigenvalue weighted by molar-refractivity contribution is 7.91. The van der Waals surface area contributed by atoms with Crippen molar-refractivity contribution in [3.63, 3.8) is 0 Å². The number of methoxy groups -OCH3 is 1. The van der Waals surface area contributed by atoms with Gasteiger partial charge in [0.15, 0.2) is 15.7 Å². The molecule has 0 unspecified atom stereocenters. The maximum absolute atomic E-state index is 11.6. The molecule has 0 fully saturated rings. The maximum atomic E-state index is 11.6. The second-order valence-electron chi connectivity index (χ2n) is 3.74. The van der Waals surface area contributed by atoms with Gasteiger partial charge in [0.25, 0.3) is 0 Å². The Morgan fingerprint density at radius 2 is 2.18 bits per heavy atom. The molecule has 0 spiro atoms. The molecular formula is C9H17N3O3S2. The Kier molecular flexibility index (Phi) is 4.72. The molecule has 0 radical (unpaired) electrons. The van der Waals surface area contributed by atoms with Crippen molar-refractivity contribution >= 4 is 32.2 Å². The molecule has 1 aromatic rings. The van der Waals surface area contributed by atoms with Gasteiger partial charge in [-0.2, -0.15) is 4.37 Å². The molecule has 0 aliphatic heterocycles. The molecule has 0 amide bonds. The Bertz CT molecular complexity index is 470. The highest BCUT2D eigenvalue weighted by Gasteiger charge is 2.23. The third-order valence-electron chi connectivity index (χ3n) is 2.22. The summed E-state index contributed by atoms with van der Waals surface area (Å²) in [5, 5.41) is 0.584. The van der Waals surface area contributed by atoms with Crippen molar-refractivity contribution < 1.29 is 13.2 Å². The van der Waals surface area contributed by atoms with Crippen LogP contribution in [0.25, 0.3) is 0 Å². The lowest BCUT2D eigenvalue weighted by atomic mass is 10.4. The largest absolute Gasteiger partial charge is 0.385 e. The number of nitrogen functional groups attached to an aromatic ring is 1. The summed E-state index contributed by atoms with van der Waals surface area (Å²) in [4.78, 5) is 1.96. The number of anilines is 2. The lowest BCUT2D eigenvalue weighted by Crippen LogP contribution is -2.20. The van der Waals surface area contributed by atoms with Crippen molar-refractivity contribution in [1.82, 2.24) is 4.37 Å². The van der Waals surface area contributed by atoms with Crippen LogP contribution in [0, 0.1) is 0 Å². The first-order chi connectivity index (χ1) is 7.88. The van der Waals surface area contributed by atoms with Gasteiger partial charge in [-0.25, -0.2) is 8.42 Å². The van der Waals surface area contributed by atoms with Gasteiger partial charge in [0, 0.05) is 33.6 Å². The molecule has 0 aliphatic rings. The maximum Gasteiger partial charge on any atom is 0.182 e. The van der Waals surface area contributed by atoms with Crippen LogP contribution in [0.3, 0.4) is 0 Å². The highest BCUT2D eigenvalue weighted by atomic mass is 32.2. The fourth-order valence-corrected chi connectivity index (χ4v) is 3.64. The predicted molar refractivity (Wildman–Crippen MR) is 69.4 cm³/mol. The number of ether oxygens (including phenoxy) is 1. The van der Waals surface area contributed by atoms with Crippen LogP contribution in [0.4, 0.5) is 10.8 Å². The molecule has 6 nitrogen and oxygen atoms in total. The predicted octanol–water partition coefficient (Wildman–Crippen LogP) is 0.602. The van der Waals surface area contributed by atoms with Crippen LogP contribution in [0.5, 0.6) is 0 Å². The smallest absolute Gasteiger partial charge is 0.182 e. The van der Waals surface area contributed by atoms with Crippen LogP contribution in [-0.4, -0.2) is 46.4 Å². The molecule has 1 rings (SSSR count). The summed E-state index contributed by atoms with van der Waals surface area (Å²) in [6, 6.07) is 0. The lowest BCUT2D eigenvalue weighted by molar-refractivity contribution is 0.196. The van der Waals surface area contributed by atoms with Crippen LogP contribution in [0.1, 0.15) is 6.42 Å². The Labute approximate surface area is 105 Å². The average molecular weight is 279 g/mol. The van der Waals surface area contributed by atoms with Crippen LogP contribution in [0.15, 0.2) is 4.90 Å². The van der Waals surface area contributed by atoms with E-state index in [0.717, 1.165) is 24.2 Å². The number of aromatic nitrogens is 1. The van der Waals surface area contributed by atoms with Crippen molar-refractivity contribution in [1.29, 1.82) is 0 Å². The first-order valence-electron chi connectivity index (χ1n) is 5.03. The second kappa shape index (κ2) is 5.65. The molecule has 2 N–H and O–H groups in total. The van der Waals surface area contributed by atoms with E-state index < -0.39 is 9.84 Å². The van der Waals surface area contributed by atoms with E-state index in [4.69, 9.17) is 10.5 Å². The minimum atomic E-state index is -3.35. The van der Waals surface area contributed by atoms with E-state index in [9.17, 15) is 8.42 Å². The van der Waals surface area contributed by atoms with Gasteiger partial charge in [0.2, 0.25) is 0 Å². The average Bonchev–Trinajstić information content (AvgIpc) is 2.60. The first kappa shape index (κ1) is 14.2. The Hall–Kier alpha value is -0.860. The summed E-state index contributed by atoms with van der Waals surface area (Å²) in [6.07, 6.45) is 1.95. The monoisotopic (exact) mass is 279 g/mol. The van der Waals surface area contributed by atoms with E-state index in [2.05, 4.69) is 4.37 Å². The molecular weight excluding hydrogens is 262 g/mol. The SMILES string of the molecule is COCCCN(C)c1snc(N)c1S(C)(=O)=O. The van der Waals surface area contributed by atoms with E-state index in [0.29, 0.717) is 18.2 Å². The fourth-order valence-electron chi connectivity index (χ4n) is 1.42. The Balaban J connectivity index is 2.91. The van der Waals surface area contributed by atoms with Gasteiger partial charge in [0.1, 0.15) is 9.90 Å². The zero-order valence-corrected chi connectivity index (χ0v) is 11.8. The third-order valence-corrected chi connectivity index (χ3v) is 4.47. The Morgan fingerprint density at radius 3 is 2.71 bits per heavy atom. The minimum Gasteiger partial charge on any atom is -0.385 e. The lowest BCUT2D eigenvalue weighted by Gasteiger charge is -2.17. The van der Waals surface area contributed by atoms with Gasteiger partial charge in [-0.1, -0.05) is 0 Å². The standard InChI is InChI=1S/C9H17N3O3S2/c1-12(5-4-6-15-2)9-7(17(3,13)14)8(10)11-16-9/h4-6H2,1-3H3,(H2,10,11). The summed E-state index contributed by atoms with van der Waals surface area (Å²) >= 11 is 1.10. The number of sulfone groups is 1. The second-order valence-corrected chi connectivity index (χ2v) is 6.45. The summed E-state index contributed by atoms with van der Waals surface area (Å²) in [6.45, 7) is 1.32. The molecule has 8 heteroatoms. The van der Waals surface area contributed by atoms with Gasteiger partial charge in [-0.15, -0.1) is 0 Å². The summed E-state index contributed by atoms with van der Waals surface area (Å²) in [5.74, 6) is 0.0751. The molecule has 0 saturated heterocycles. The molecule has 0 atom stereocenters. The van der Waals surface area contributed by atoms with E-state index in [1.54, 1.807) is 7.11 Å². The first-order valence-corrected chi connectivity index (χ1v) is 7.69. The van der Waals surface area contributed by atoms with Gasteiger partial charge < -0.3 is 15.4 Å². The van der Waals surface area contributed by atoms with E-state index in [-0.39, 0.29) is 10.7 Å². The van der Waals surface area contributed by atoms with E-state index in [1.807, 2.05) is 11.9 Å². The molecule has 1 aromatic heterocycles. The third kappa shape index (κ3) is 3.55. The zero-order valence-electron chi connectivity index (χ0n) is 10.1. The van der Waals surface area contributed by atoms with Crippen LogP contribution < -0.4 is 10.6 Å². The number of hydrogen-bond acceptors (Lipinski definition) is 7. The molecule has 17 heavy (non-hydrogen) atoms. The molecule has 0 aromatic carbocycles. The van der Waals surface area contributed by atoms with Gasteiger partial charge in [-0.3, -0.25) is 0 Å². The van der Waals surface area contributed by atoms with E-state index in [1.165, 1.54) is 0 Å². The van der Waals surface area contributed by atoms with Crippen molar-refractivity contribution in [2.75, 3.05) is 44.2 Å². The van der Waals surface area contributed by atoms with Crippen molar-refractivity contribution in [3.05, 3.63) is 0 Å². The van der Waals surface area contributed by atoms with Crippen LogP contribution in [-0.2, 0) is 14.6 Å². The highest BCUT2D eigenvalue weighted by Crippen LogP contribution is 2.33. The van der Waals surface area contributed by atoms with Crippen LogP contribution in [0.2, 0.25) is 0 Å². The molecule has 98 valence electrons. The number of nitrogens with zero attached hydrogens (tertiary/aromatic N) is 2. The summed E-state index contributed by atoms with van der Waals surface area (Å²) in [7, 11) is 0.102. The number of nitrogens with two attached hydrogens (primary N) is 1. The quantitative estimate of drug-likeness (QED) is 0.768. The summed E-state index contributed by atoms with van der Waals surface area (Å²) in [5.41, 5.74) is 5.59. The number of hydrogen-bond donors (Lipinski definition) is 1. The van der Waals surface area contributed by atoms with Gasteiger partial charge in [0.05, 0.1) is 0 Å². The fraction of sp³-hybridized carbons (Fsp3) is 0.667. The van der Waals surface area contributed by atoms with Crippen molar-refractivity contribution in [3.8, 4) is 0 Å². The van der Waals surface area contributed by atoms with Crippen molar-refractivity contribution in [2.24, 2.45) is 0 Å². The molecule has 1 heterocycles. The topological polar surface area (TPSA) is 85.5 Å². The van der Waals surface area contributed by atoms with E-state index >= 15 is 0 Å². The van der Waals surface area contributed by atoms with Crippen molar-refractivity contribution in [2.45, 2.75) is 11.3 Å². The molecule has 0 aliphatic carbocycles. The van der Waals surface area contributed by atoms with Crippen LogP contribution >= 0.6 is 11.5 Å². The van der Waals surface area contributed by atoms with Gasteiger partial charge >= 0.3 is 0 Å². The Morgan fingerprint density at radius 1 is 1.53 bits per heavy atom.